The van der Waals surface area contributed by atoms with E-state index < -0.39 is 11.7 Å². The quantitative estimate of drug-likeness (QED) is 0.883. The number of hydrogen-bond acceptors (Lipinski definition) is 6. The first-order valence-electron chi connectivity index (χ1n) is 7.46. The van der Waals surface area contributed by atoms with E-state index in [1.807, 2.05) is 0 Å². The number of hydrogen-bond donors (Lipinski definition) is 2. The zero-order chi connectivity index (χ0) is 16.9. The van der Waals surface area contributed by atoms with Crippen LogP contribution in [0.15, 0.2) is 30.6 Å². The second kappa shape index (κ2) is 7.33. The Morgan fingerprint density at radius 2 is 2.33 bits per heavy atom. The van der Waals surface area contributed by atoms with E-state index in [9.17, 15) is 9.18 Å². The van der Waals surface area contributed by atoms with Gasteiger partial charge in [0, 0.05) is 24.3 Å². The highest BCUT2D eigenvalue weighted by Crippen LogP contribution is 2.24. The van der Waals surface area contributed by atoms with Crippen LogP contribution < -0.4 is 15.4 Å². The van der Waals surface area contributed by atoms with Gasteiger partial charge in [-0.2, -0.15) is 0 Å². The summed E-state index contributed by atoms with van der Waals surface area (Å²) in [5.41, 5.74) is 0.870. The summed E-state index contributed by atoms with van der Waals surface area (Å²) in [5, 5.41) is 5.74. The fourth-order valence-electron chi connectivity index (χ4n) is 2.38. The highest BCUT2D eigenvalue weighted by molar-refractivity contribution is 6.02. The molecule has 3 rings (SSSR count). The topological polar surface area (TPSA) is 85.4 Å². The van der Waals surface area contributed by atoms with E-state index in [-0.39, 0.29) is 17.7 Å². The van der Waals surface area contributed by atoms with E-state index in [1.165, 1.54) is 25.6 Å². The van der Waals surface area contributed by atoms with Gasteiger partial charge in [0.1, 0.15) is 5.82 Å². The van der Waals surface area contributed by atoms with Gasteiger partial charge in [0.2, 0.25) is 5.88 Å². The molecular weight excluding hydrogens is 315 g/mol. The van der Waals surface area contributed by atoms with Crippen LogP contribution in [0.2, 0.25) is 0 Å². The lowest BCUT2D eigenvalue weighted by atomic mass is 10.1. The Labute approximate surface area is 138 Å². The van der Waals surface area contributed by atoms with Crippen molar-refractivity contribution in [2.45, 2.75) is 6.10 Å². The lowest BCUT2D eigenvalue weighted by Crippen LogP contribution is -2.33. The lowest BCUT2D eigenvalue weighted by Gasteiger charge is -2.24. The van der Waals surface area contributed by atoms with Gasteiger partial charge in [-0.05, 0) is 12.1 Å². The van der Waals surface area contributed by atoms with Crippen LogP contribution in [-0.4, -0.2) is 42.7 Å². The number of rotatable bonds is 4. The van der Waals surface area contributed by atoms with Crippen LogP contribution in [0.3, 0.4) is 0 Å². The Kier molecular flexibility index (Phi) is 4.97. The van der Waals surface area contributed by atoms with Crippen molar-refractivity contribution >= 4 is 11.6 Å². The number of carbonyl (C=O) groups excluding carboxylic acids is 1. The van der Waals surface area contributed by atoms with E-state index in [0.29, 0.717) is 24.4 Å². The molecule has 1 saturated heterocycles. The monoisotopic (exact) mass is 332 g/mol. The van der Waals surface area contributed by atoms with E-state index in [4.69, 9.17) is 9.47 Å². The Balaban J connectivity index is 1.73. The van der Waals surface area contributed by atoms with Crippen LogP contribution >= 0.6 is 0 Å². The molecule has 2 heterocycles. The Morgan fingerprint density at radius 1 is 1.46 bits per heavy atom. The number of morpholine rings is 1. The number of halogens is 1. The van der Waals surface area contributed by atoms with Crippen LogP contribution in [0.1, 0.15) is 22.2 Å². The van der Waals surface area contributed by atoms with Crippen molar-refractivity contribution in [2.24, 2.45) is 0 Å². The first-order valence-corrected chi connectivity index (χ1v) is 7.46. The molecule has 1 fully saturated rings. The minimum Gasteiger partial charge on any atom is -0.480 e. The Hall–Kier alpha value is -2.58. The molecule has 1 atom stereocenters. The standard InChI is InChI=1S/C16H17FN4O3/c1-23-15-9-19-7-13(21-15)16(22)20-10-2-3-11(12(17)6-10)14-8-18-4-5-24-14/h2-3,6-7,9,14,18H,4-5,8H2,1H3,(H,20,22)/t14-/m1/s1. The third-order valence-electron chi connectivity index (χ3n) is 3.59. The van der Waals surface area contributed by atoms with Gasteiger partial charge in [-0.25, -0.2) is 9.37 Å². The maximum atomic E-state index is 14.3. The SMILES string of the molecule is COc1cncc(C(=O)Nc2ccc([C@H]3CNCCO3)c(F)c2)n1. The molecule has 2 N–H and O–H groups in total. The number of amides is 1. The molecule has 7 nitrogen and oxygen atoms in total. The number of carbonyl (C=O) groups is 1. The number of aromatic nitrogens is 2. The minimum atomic E-state index is -0.496. The first-order chi connectivity index (χ1) is 11.7. The van der Waals surface area contributed by atoms with Crippen LogP contribution in [0, 0.1) is 5.82 Å². The fraction of sp³-hybridized carbons (Fsp3) is 0.312. The van der Waals surface area contributed by atoms with Gasteiger partial charge in [-0.15, -0.1) is 0 Å². The second-order valence-electron chi connectivity index (χ2n) is 5.20. The summed E-state index contributed by atoms with van der Waals surface area (Å²) in [5.74, 6) is -0.700. The van der Waals surface area contributed by atoms with Crippen LogP contribution in [-0.2, 0) is 4.74 Å². The van der Waals surface area contributed by atoms with Crippen LogP contribution in [0.4, 0.5) is 10.1 Å². The average Bonchev–Trinajstić information content (AvgIpc) is 2.62. The highest BCUT2D eigenvalue weighted by atomic mass is 19.1. The number of nitrogens with zero attached hydrogens (tertiary/aromatic N) is 2. The van der Waals surface area contributed by atoms with Crippen molar-refractivity contribution in [1.29, 1.82) is 0 Å². The van der Waals surface area contributed by atoms with E-state index in [0.717, 1.165) is 6.54 Å². The fourth-order valence-corrected chi connectivity index (χ4v) is 2.38. The maximum Gasteiger partial charge on any atom is 0.276 e. The summed E-state index contributed by atoms with van der Waals surface area (Å²) < 4.78 is 24.8. The molecule has 0 aliphatic carbocycles. The molecule has 0 radical (unpaired) electrons. The van der Waals surface area contributed by atoms with E-state index in [2.05, 4.69) is 20.6 Å². The van der Waals surface area contributed by atoms with Crippen molar-refractivity contribution in [3.05, 3.63) is 47.7 Å². The third kappa shape index (κ3) is 3.66. The molecule has 24 heavy (non-hydrogen) atoms. The summed E-state index contributed by atoms with van der Waals surface area (Å²) in [6.07, 6.45) is 2.38. The van der Waals surface area contributed by atoms with Crippen molar-refractivity contribution in [3.8, 4) is 5.88 Å². The summed E-state index contributed by atoms with van der Waals surface area (Å²) in [7, 11) is 1.43. The number of methoxy groups -OCH3 is 1. The van der Waals surface area contributed by atoms with E-state index in [1.54, 1.807) is 12.1 Å². The molecule has 0 unspecified atom stereocenters. The maximum absolute atomic E-state index is 14.3. The molecule has 0 saturated carbocycles. The summed E-state index contributed by atoms with van der Waals surface area (Å²) in [4.78, 5) is 20.0. The van der Waals surface area contributed by atoms with Crippen molar-refractivity contribution in [2.75, 3.05) is 32.1 Å². The van der Waals surface area contributed by atoms with Crippen molar-refractivity contribution in [1.82, 2.24) is 15.3 Å². The molecule has 1 aromatic heterocycles. The second-order valence-corrected chi connectivity index (χ2v) is 5.20. The van der Waals surface area contributed by atoms with Crippen molar-refractivity contribution in [3.63, 3.8) is 0 Å². The predicted molar refractivity (Wildman–Crippen MR) is 84.5 cm³/mol. The van der Waals surface area contributed by atoms with Gasteiger partial charge in [0.15, 0.2) is 5.69 Å². The molecule has 8 heteroatoms. The minimum absolute atomic E-state index is 0.0821. The molecular formula is C16H17FN4O3. The van der Waals surface area contributed by atoms with Gasteiger partial charge >= 0.3 is 0 Å². The molecule has 2 aromatic rings. The summed E-state index contributed by atoms with van der Waals surface area (Å²) >= 11 is 0. The van der Waals surface area contributed by atoms with Gasteiger partial charge < -0.3 is 20.1 Å². The molecule has 0 spiro atoms. The van der Waals surface area contributed by atoms with E-state index >= 15 is 0 Å². The van der Waals surface area contributed by atoms with Gasteiger partial charge in [0.25, 0.3) is 5.91 Å². The molecule has 1 aromatic carbocycles. The van der Waals surface area contributed by atoms with Crippen LogP contribution in [0.5, 0.6) is 5.88 Å². The lowest BCUT2D eigenvalue weighted by molar-refractivity contribution is 0.0255. The molecule has 1 amide bonds. The largest absolute Gasteiger partial charge is 0.480 e. The number of anilines is 1. The van der Waals surface area contributed by atoms with Crippen molar-refractivity contribution < 1.29 is 18.7 Å². The zero-order valence-electron chi connectivity index (χ0n) is 13.1. The average molecular weight is 332 g/mol. The third-order valence-corrected chi connectivity index (χ3v) is 3.59. The molecule has 0 bridgehead atoms. The zero-order valence-corrected chi connectivity index (χ0v) is 13.1. The smallest absolute Gasteiger partial charge is 0.276 e. The van der Waals surface area contributed by atoms with Gasteiger partial charge in [-0.3, -0.25) is 9.78 Å². The molecule has 1 aliphatic heterocycles. The molecule has 126 valence electrons. The summed E-state index contributed by atoms with van der Waals surface area (Å²) in [6, 6.07) is 4.50. The Morgan fingerprint density at radius 3 is 3.04 bits per heavy atom. The van der Waals surface area contributed by atoms with Gasteiger partial charge in [-0.1, -0.05) is 6.07 Å². The van der Waals surface area contributed by atoms with Gasteiger partial charge in [0.05, 0.1) is 32.2 Å². The summed E-state index contributed by atoms with van der Waals surface area (Å²) in [6.45, 7) is 1.85. The molecule has 1 aliphatic rings. The number of ether oxygens (including phenoxy) is 2. The highest BCUT2D eigenvalue weighted by Gasteiger charge is 2.20. The first kappa shape index (κ1) is 16.3. The van der Waals surface area contributed by atoms with Crippen LogP contribution in [0.25, 0.3) is 0 Å². The number of benzene rings is 1. The normalized spacial score (nSPS) is 17.3. The Bertz CT molecular complexity index is 735. The predicted octanol–water partition coefficient (Wildman–Crippen LogP) is 1.54. The number of nitrogens with one attached hydrogen (secondary N) is 2.